The average Bonchev–Trinajstić information content (AvgIpc) is 3.13. The maximum atomic E-state index is 13.2. The highest BCUT2D eigenvalue weighted by atomic mass is 16.2. The third kappa shape index (κ3) is 3.30. The van der Waals surface area contributed by atoms with Crippen molar-refractivity contribution < 1.29 is 4.79 Å². The maximum absolute atomic E-state index is 13.2. The van der Waals surface area contributed by atoms with E-state index in [1.807, 2.05) is 67.5 Å². The lowest BCUT2D eigenvalue weighted by atomic mass is 10.0. The number of aromatic nitrogens is 3. The summed E-state index contributed by atoms with van der Waals surface area (Å²) in [5.74, 6) is 0.762. The van der Waals surface area contributed by atoms with Crippen LogP contribution < -0.4 is 9.80 Å². The molecule has 6 nitrogen and oxygen atoms in total. The van der Waals surface area contributed by atoms with Gasteiger partial charge in [-0.05, 0) is 42.7 Å². The second-order valence-corrected chi connectivity index (χ2v) is 7.09. The summed E-state index contributed by atoms with van der Waals surface area (Å²) < 4.78 is 1.76. The molecule has 1 aliphatic heterocycles. The fraction of sp³-hybridized carbons (Fsp3) is 0.286. The number of rotatable bonds is 3. The van der Waals surface area contributed by atoms with E-state index >= 15 is 0 Å². The van der Waals surface area contributed by atoms with Gasteiger partial charge in [-0.15, -0.1) is 0 Å². The molecule has 0 atom stereocenters. The summed E-state index contributed by atoms with van der Waals surface area (Å²) in [6.07, 6.45) is 5.62. The average molecular weight is 361 g/mol. The van der Waals surface area contributed by atoms with Crippen molar-refractivity contribution in [3.8, 4) is 11.3 Å². The highest BCUT2D eigenvalue weighted by molar-refractivity contribution is 6.06. The minimum absolute atomic E-state index is 0.00418. The number of nitrogens with zero attached hydrogens (tertiary/aromatic N) is 5. The molecule has 3 aromatic rings. The van der Waals surface area contributed by atoms with Gasteiger partial charge in [0.05, 0.1) is 11.9 Å². The Labute approximate surface area is 159 Å². The number of benzene rings is 1. The van der Waals surface area contributed by atoms with Crippen molar-refractivity contribution in [2.75, 3.05) is 30.4 Å². The molecule has 3 heterocycles. The van der Waals surface area contributed by atoms with Gasteiger partial charge in [0.2, 0.25) is 0 Å². The molecule has 0 saturated carbocycles. The molecule has 6 heteroatoms. The maximum Gasteiger partial charge on any atom is 0.259 e. The minimum atomic E-state index is -0.00418. The van der Waals surface area contributed by atoms with Crippen LogP contribution in [0.15, 0.2) is 48.8 Å². The largest absolute Gasteiger partial charge is 0.378 e. The summed E-state index contributed by atoms with van der Waals surface area (Å²) in [6, 6.07) is 11.8. The van der Waals surface area contributed by atoms with Gasteiger partial charge in [0.1, 0.15) is 5.82 Å². The molecule has 4 rings (SSSR count). The third-order valence-electron chi connectivity index (χ3n) is 4.89. The summed E-state index contributed by atoms with van der Waals surface area (Å²) in [4.78, 5) is 21.9. The number of aryl methyl sites for hydroxylation is 2. The first-order chi connectivity index (χ1) is 13.0. The fourth-order valence-electron chi connectivity index (χ4n) is 3.42. The van der Waals surface area contributed by atoms with Gasteiger partial charge in [0.15, 0.2) is 0 Å². The van der Waals surface area contributed by atoms with Crippen LogP contribution in [0.2, 0.25) is 0 Å². The molecule has 0 bridgehead atoms. The van der Waals surface area contributed by atoms with Gasteiger partial charge < -0.3 is 4.90 Å². The molecule has 0 saturated heterocycles. The highest BCUT2D eigenvalue weighted by Crippen LogP contribution is 2.30. The minimum Gasteiger partial charge on any atom is -0.378 e. The first kappa shape index (κ1) is 17.3. The normalized spacial score (nSPS) is 13.4. The Kier molecular flexibility index (Phi) is 4.39. The van der Waals surface area contributed by atoms with Crippen LogP contribution in [0, 0.1) is 0 Å². The highest BCUT2D eigenvalue weighted by Gasteiger charge is 2.26. The van der Waals surface area contributed by atoms with Crippen molar-refractivity contribution in [2.24, 2.45) is 7.05 Å². The quantitative estimate of drug-likeness (QED) is 0.719. The van der Waals surface area contributed by atoms with Crippen molar-refractivity contribution in [3.63, 3.8) is 0 Å². The van der Waals surface area contributed by atoms with Crippen LogP contribution in [0.1, 0.15) is 22.3 Å². The van der Waals surface area contributed by atoms with Gasteiger partial charge in [-0.1, -0.05) is 12.1 Å². The Bertz CT molecular complexity index is 992. The number of hydrogen-bond donors (Lipinski definition) is 0. The summed E-state index contributed by atoms with van der Waals surface area (Å²) in [6.45, 7) is 0.682. The molecule has 0 aliphatic carbocycles. The lowest BCUT2D eigenvalue weighted by Gasteiger charge is -2.29. The van der Waals surface area contributed by atoms with Gasteiger partial charge >= 0.3 is 0 Å². The molecule has 0 unspecified atom stereocenters. The van der Waals surface area contributed by atoms with E-state index in [0.29, 0.717) is 12.1 Å². The van der Waals surface area contributed by atoms with Gasteiger partial charge in [0, 0.05) is 50.7 Å². The van der Waals surface area contributed by atoms with Crippen molar-refractivity contribution >= 4 is 17.4 Å². The molecule has 27 heavy (non-hydrogen) atoms. The predicted molar refractivity (Wildman–Crippen MR) is 107 cm³/mol. The van der Waals surface area contributed by atoms with E-state index in [4.69, 9.17) is 4.98 Å². The van der Waals surface area contributed by atoms with E-state index in [1.54, 1.807) is 10.9 Å². The van der Waals surface area contributed by atoms with E-state index in [-0.39, 0.29) is 5.91 Å². The predicted octanol–water partition coefficient (Wildman–Crippen LogP) is 3.14. The summed E-state index contributed by atoms with van der Waals surface area (Å²) >= 11 is 0. The van der Waals surface area contributed by atoms with Crippen LogP contribution in [0.3, 0.4) is 0 Å². The Balaban J connectivity index is 1.72. The van der Waals surface area contributed by atoms with E-state index in [1.165, 1.54) is 0 Å². The van der Waals surface area contributed by atoms with Crippen molar-refractivity contribution in [1.29, 1.82) is 0 Å². The van der Waals surface area contributed by atoms with Gasteiger partial charge in [-0.25, -0.2) is 4.98 Å². The first-order valence-corrected chi connectivity index (χ1v) is 9.11. The number of amides is 1. The second-order valence-electron chi connectivity index (χ2n) is 7.09. The Hall–Kier alpha value is -3.15. The molecule has 0 spiro atoms. The Morgan fingerprint density at radius 1 is 1.19 bits per heavy atom. The van der Waals surface area contributed by atoms with Crippen LogP contribution in [0.5, 0.6) is 0 Å². The molecular weight excluding hydrogens is 338 g/mol. The number of carbonyl (C=O) groups excluding carboxylic acids is 1. The molecule has 1 amide bonds. The SMILES string of the molecule is CN(C)c1cccc(C(=O)N2CCCc3ccc(-c4cnn(C)c4)nc32)c1. The molecular formula is C21H23N5O. The number of pyridine rings is 1. The number of anilines is 2. The van der Waals surface area contributed by atoms with Crippen LogP contribution in [-0.4, -0.2) is 41.3 Å². The molecule has 2 aromatic heterocycles. The van der Waals surface area contributed by atoms with Crippen molar-refractivity contribution in [1.82, 2.24) is 14.8 Å². The monoisotopic (exact) mass is 361 g/mol. The van der Waals surface area contributed by atoms with E-state index < -0.39 is 0 Å². The summed E-state index contributed by atoms with van der Waals surface area (Å²) in [7, 11) is 5.83. The molecule has 1 aromatic carbocycles. The fourth-order valence-corrected chi connectivity index (χ4v) is 3.42. The number of fused-ring (bicyclic) bond motifs is 1. The number of hydrogen-bond acceptors (Lipinski definition) is 4. The number of carbonyl (C=O) groups is 1. The standard InChI is InChI=1S/C21H23N5O/c1-24(2)18-8-4-6-16(12-18)21(27)26-11-5-7-15-9-10-19(23-20(15)26)17-13-22-25(3)14-17/h4,6,8-10,12-14H,5,7,11H2,1-3H3. The smallest absolute Gasteiger partial charge is 0.259 e. The van der Waals surface area contributed by atoms with Crippen LogP contribution >= 0.6 is 0 Å². The van der Waals surface area contributed by atoms with E-state index in [2.05, 4.69) is 11.2 Å². The summed E-state index contributed by atoms with van der Waals surface area (Å²) in [5, 5.41) is 4.22. The van der Waals surface area contributed by atoms with Crippen LogP contribution in [-0.2, 0) is 13.5 Å². The van der Waals surface area contributed by atoms with E-state index in [9.17, 15) is 4.79 Å². The van der Waals surface area contributed by atoms with Crippen molar-refractivity contribution in [2.45, 2.75) is 12.8 Å². The van der Waals surface area contributed by atoms with Crippen molar-refractivity contribution in [3.05, 3.63) is 59.9 Å². The second kappa shape index (κ2) is 6.87. The lowest BCUT2D eigenvalue weighted by molar-refractivity contribution is 0.0984. The summed E-state index contributed by atoms with van der Waals surface area (Å²) in [5.41, 5.74) is 4.60. The molecule has 0 fully saturated rings. The molecule has 0 N–H and O–H groups in total. The zero-order valence-corrected chi connectivity index (χ0v) is 15.9. The van der Waals surface area contributed by atoms with Gasteiger partial charge in [0.25, 0.3) is 5.91 Å². The Morgan fingerprint density at radius 3 is 2.78 bits per heavy atom. The topological polar surface area (TPSA) is 54.3 Å². The molecule has 1 aliphatic rings. The molecule has 0 radical (unpaired) electrons. The Morgan fingerprint density at radius 2 is 2.04 bits per heavy atom. The molecule has 138 valence electrons. The third-order valence-corrected chi connectivity index (χ3v) is 4.89. The van der Waals surface area contributed by atoms with Crippen LogP contribution in [0.4, 0.5) is 11.5 Å². The van der Waals surface area contributed by atoms with Crippen LogP contribution in [0.25, 0.3) is 11.3 Å². The van der Waals surface area contributed by atoms with E-state index in [0.717, 1.165) is 41.2 Å². The zero-order valence-electron chi connectivity index (χ0n) is 15.9. The lowest BCUT2D eigenvalue weighted by Crippen LogP contribution is -2.36. The first-order valence-electron chi connectivity index (χ1n) is 9.11. The zero-order chi connectivity index (χ0) is 19.0. The van der Waals surface area contributed by atoms with Gasteiger partial charge in [-0.3, -0.25) is 14.4 Å². The van der Waals surface area contributed by atoms with Gasteiger partial charge in [-0.2, -0.15) is 5.10 Å².